The highest BCUT2D eigenvalue weighted by molar-refractivity contribution is 5.85. The molecule has 2 unspecified atom stereocenters. The molecule has 2 aliphatic rings. The summed E-state index contributed by atoms with van der Waals surface area (Å²) in [5, 5.41) is 3.47. The third-order valence-corrected chi connectivity index (χ3v) is 5.20. The number of hydrogen-bond donors (Lipinski definition) is 1. The second kappa shape index (κ2) is 8.99. The predicted molar refractivity (Wildman–Crippen MR) is 90.9 cm³/mol. The molecule has 1 aliphatic heterocycles. The molecule has 21 heavy (non-hydrogen) atoms. The van der Waals surface area contributed by atoms with Gasteiger partial charge >= 0.3 is 0 Å². The Bertz CT molecular complexity index is 310. The maximum Gasteiger partial charge on any atom is 0.223 e. The second-order valence-corrected chi connectivity index (χ2v) is 7.12. The molecule has 1 saturated heterocycles. The molecule has 0 aromatic rings. The van der Waals surface area contributed by atoms with Crippen LogP contribution in [0.15, 0.2) is 0 Å². The van der Waals surface area contributed by atoms with E-state index in [1.165, 1.54) is 38.5 Å². The molecule has 2 atom stereocenters. The lowest BCUT2D eigenvalue weighted by Crippen LogP contribution is -2.45. The first kappa shape index (κ1) is 18.8. The van der Waals surface area contributed by atoms with Crippen molar-refractivity contribution < 1.29 is 4.79 Å². The normalized spacial score (nSPS) is 24.7. The Balaban J connectivity index is 0.00000220. The van der Waals surface area contributed by atoms with Gasteiger partial charge in [0.25, 0.3) is 0 Å². The number of nitrogens with one attached hydrogen (secondary N) is 1. The van der Waals surface area contributed by atoms with E-state index in [1.54, 1.807) is 0 Å². The van der Waals surface area contributed by atoms with E-state index in [2.05, 4.69) is 31.0 Å². The number of amides is 1. The van der Waals surface area contributed by atoms with Gasteiger partial charge in [0.2, 0.25) is 5.91 Å². The van der Waals surface area contributed by atoms with Crippen LogP contribution in [-0.2, 0) is 4.79 Å². The lowest BCUT2D eigenvalue weighted by molar-refractivity contribution is -0.136. The molecule has 1 N–H and O–H groups in total. The smallest absolute Gasteiger partial charge is 0.223 e. The number of hydrogen-bond acceptors (Lipinski definition) is 2. The average Bonchev–Trinajstić information content (AvgIpc) is 2.93. The van der Waals surface area contributed by atoms with Gasteiger partial charge in [-0.05, 0) is 64.5 Å². The summed E-state index contributed by atoms with van der Waals surface area (Å²) in [4.78, 5) is 14.9. The minimum atomic E-state index is 0. The zero-order valence-corrected chi connectivity index (χ0v) is 14.8. The molecular formula is C17H33ClN2O. The summed E-state index contributed by atoms with van der Waals surface area (Å²) in [5.41, 5.74) is 0. The quantitative estimate of drug-likeness (QED) is 0.840. The molecule has 0 bridgehead atoms. The first-order chi connectivity index (χ1) is 9.59. The van der Waals surface area contributed by atoms with Crippen LogP contribution < -0.4 is 5.32 Å². The van der Waals surface area contributed by atoms with Crippen molar-refractivity contribution in [2.45, 2.75) is 77.8 Å². The fourth-order valence-corrected chi connectivity index (χ4v) is 4.01. The fraction of sp³-hybridized carbons (Fsp3) is 0.941. The minimum absolute atomic E-state index is 0. The maximum absolute atomic E-state index is 12.7. The minimum Gasteiger partial charge on any atom is -0.337 e. The van der Waals surface area contributed by atoms with E-state index < -0.39 is 0 Å². The van der Waals surface area contributed by atoms with Crippen molar-refractivity contribution in [2.24, 2.45) is 11.8 Å². The highest BCUT2D eigenvalue weighted by Gasteiger charge is 2.31. The van der Waals surface area contributed by atoms with Gasteiger partial charge in [-0.1, -0.05) is 19.8 Å². The summed E-state index contributed by atoms with van der Waals surface area (Å²) in [6.45, 7) is 8.85. The van der Waals surface area contributed by atoms with Crippen molar-refractivity contribution >= 4 is 18.3 Å². The largest absolute Gasteiger partial charge is 0.337 e. The third-order valence-electron chi connectivity index (χ3n) is 5.20. The Labute approximate surface area is 136 Å². The molecule has 1 heterocycles. The summed E-state index contributed by atoms with van der Waals surface area (Å²) >= 11 is 0. The zero-order chi connectivity index (χ0) is 14.5. The molecule has 1 amide bonds. The summed E-state index contributed by atoms with van der Waals surface area (Å²) in [6, 6.07) is 0.862. The van der Waals surface area contributed by atoms with Crippen LogP contribution in [-0.4, -0.2) is 36.0 Å². The predicted octanol–water partition coefficient (Wildman–Crippen LogP) is 3.61. The van der Waals surface area contributed by atoms with Gasteiger partial charge in [-0.15, -0.1) is 12.4 Å². The Kier molecular flexibility index (Phi) is 8.04. The average molecular weight is 317 g/mol. The number of rotatable bonds is 5. The van der Waals surface area contributed by atoms with Crippen LogP contribution in [0.1, 0.15) is 65.7 Å². The Morgan fingerprint density at radius 1 is 1.14 bits per heavy atom. The van der Waals surface area contributed by atoms with Crippen molar-refractivity contribution in [3.63, 3.8) is 0 Å². The Morgan fingerprint density at radius 3 is 2.33 bits per heavy atom. The molecule has 2 fully saturated rings. The SMILES string of the molecule is CC(CC(=O)N(C(C)C)C1CCCC1)C1CCCNC1.Cl. The highest BCUT2D eigenvalue weighted by atomic mass is 35.5. The summed E-state index contributed by atoms with van der Waals surface area (Å²) < 4.78 is 0. The van der Waals surface area contributed by atoms with E-state index in [0.29, 0.717) is 29.8 Å². The van der Waals surface area contributed by atoms with E-state index in [0.717, 1.165) is 19.5 Å². The van der Waals surface area contributed by atoms with Gasteiger partial charge in [-0.25, -0.2) is 0 Å². The van der Waals surface area contributed by atoms with Crippen molar-refractivity contribution in [3.8, 4) is 0 Å². The maximum atomic E-state index is 12.7. The lowest BCUT2D eigenvalue weighted by Gasteiger charge is -2.35. The van der Waals surface area contributed by atoms with Crippen molar-refractivity contribution in [2.75, 3.05) is 13.1 Å². The monoisotopic (exact) mass is 316 g/mol. The van der Waals surface area contributed by atoms with Crippen LogP contribution in [0, 0.1) is 11.8 Å². The standard InChI is InChI=1S/C17H32N2O.ClH/c1-13(2)19(16-8-4-5-9-16)17(20)11-14(3)15-7-6-10-18-12-15;/h13-16,18H,4-12H2,1-3H3;1H. The van der Waals surface area contributed by atoms with E-state index in [1.807, 2.05) is 0 Å². The second-order valence-electron chi connectivity index (χ2n) is 7.12. The van der Waals surface area contributed by atoms with E-state index in [4.69, 9.17) is 0 Å². The van der Waals surface area contributed by atoms with Crippen LogP contribution in [0.25, 0.3) is 0 Å². The molecule has 0 radical (unpaired) electrons. The molecule has 0 spiro atoms. The number of carbonyl (C=O) groups is 1. The summed E-state index contributed by atoms with van der Waals surface area (Å²) in [6.07, 6.45) is 8.30. The van der Waals surface area contributed by atoms with Crippen molar-refractivity contribution in [1.29, 1.82) is 0 Å². The Morgan fingerprint density at radius 2 is 1.81 bits per heavy atom. The van der Waals surface area contributed by atoms with Crippen molar-refractivity contribution in [1.82, 2.24) is 10.2 Å². The molecule has 124 valence electrons. The number of nitrogens with zero attached hydrogens (tertiary/aromatic N) is 1. The Hall–Kier alpha value is -0.280. The van der Waals surface area contributed by atoms with Crippen LogP contribution in [0.5, 0.6) is 0 Å². The van der Waals surface area contributed by atoms with Crippen molar-refractivity contribution in [3.05, 3.63) is 0 Å². The van der Waals surface area contributed by atoms with Gasteiger partial charge in [0, 0.05) is 18.5 Å². The molecule has 1 saturated carbocycles. The third kappa shape index (κ3) is 5.14. The first-order valence-electron chi connectivity index (χ1n) is 8.61. The van der Waals surface area contributed by atoms with Gasteiger partial charge in [0.1, 0.15) is 0 Å². The molecule has 2 rings (SSSR count). The van der Waals surface area contributed by atoms with E-state index in [9.17, 15) is 4.79 Å². The highest BCUT2D eigenvalue weighted by Crippen LogP contribution is 2.28. The van der Waals surface area contributed by atoms with Gasteiger partial charge in [0.05, 0.1) is 0 Å². The summed E-state index contributed by atoms with van der Waals surface area (Å²) in [7, 11) is 0. The molecule has 0 aromatic heterocycles. The molecule has 1 aliphatic carbocycles. The number of carbonyl (C=O) groups excluding carboxylic acids is 1. The molecule has 3 nitrogen and oxygen atoms in total. The molecule has 0 aromatic carbocycles. The van der Waals surface area contributed by atoms with Crippen LogP contribution in [0.4, 0.5) is 0 Å². The summed E-state index contributed by atoms with van der Waals surface area (Å²) in [5.74, 6) is 1.59. The molecular weight excluding hydrogens is 284 g/mol. The number of halogens is 1. The number of piperidine rings is 1. The van der Waals surface area contributed by atoms with Gasteiger partial charge < -0.3 is 10.2 Å². The van der Waals surface area contributed by atoms with Crippen LogP contribution >= 0.6 is 12.4 Å². The van der Waals surface area contributed by atoms with E-state index >= 15 is 0 Å². The van der Waals surface area contributed by atoms with Crippen LogP contribution in [0.2, 0.25) is 0 Å². The topological polar surface area (TPSA) is 32.3 Å². The van der Waals surface area contributed by atoms with Crippen LogP contribution in [0.3, 0.4) is 0 Å². The van der Waals surface area contributed by atoms with E-state index in [-0.39, 0.29) is 12.4 Å². The fourth-order valence-electron chi connectivity index (χ4n) is 4.01. The van der Waals surface area contributed by atoms with Gasteiger partial charge in [-0.2, -0.15) is 0 Å². The zero-order valence-electron chi connectivity index (χ0n) is 13.9. The lowest BCUT2D eigenvalue weighted by atomic mass is 9.85. The first-order valence-corrected chi connectivity index (χ1v) is 8.61. The van der Waals surface area contributed by atoms with Gasteiger partial charge in [0.15, 0.2) is 0 Å². The molecule has 4 heteroatoms. The van der Waals surface area contributed by atoms with Gasteiger partial charge in [-0.3, -0.25) is 4.79 Å².